The highest BCUT2D eigenvalue weighted by Crippen LogP contribution is 2.27. The monoisotopic (exact) mass is 352 g/mol. The van der Waals surface area contributed by atoms with Gasteiger partial charge in [0.15, 0.2) is 0 Å². The molecule has 23 heavy (non-hydrogen) atoms. The lowest BCUT2D eigenvalue weighted by atomic mass is 9.92. The number of rotatable bonds is 5. The number of likely N-dealkylation sites (tertiary alicyclic amines) is 1. The van der Waals surface area contributed by atoms with Gasteiger partial charge in [-0.1, -0.05) is 6.07 Å². The molecular formula is C15H20N4O2S2. The molecule has 3 heterocycles. The number of hydrogen-bond donors (Lipinski definition) is 1. The van der Waals surface area contributed by atoms with Crippen molar-refractivity contribution in [1.82, 2.24) is 19.6 Å². The second-order valence-electron chi connectivity index (χ2n) is 5.72. The van der Waals surface area contributed by atoms with Crippen LogP contribution < -0.4 is 4.72 Å². The first-order valence-corrected chi connectivity index (χ1v) is 9.94. The van der Waals surface area contributed by atoms with Gasteiger partial charge in [-0.3, -0.25) is 9.97 Å². The number of nitrogens with one attached hydrogen (secondary N) is 1. The molecule has 6 nitrogen and oxygen atoms in total. The van der Waals surface area contributed by atoms with Crippen molar-refractivity contribution in [3.05, 3.63) is 41.3 Å². The van der Waals surface area contributed by atoms with Crippen molar-refractivity contribution in [1.29, 1.82) is 0 Å². The molecule has 1 N–H and O–H groups in total. The molecule has 0 saturated carbocycles. The molecule has 1 aliphatic heterocycles. The van der Waals surface area contributed by atoms with Crippen LogP contribution in [0.15, 0.2) is 34.1 Å². The molecule has 124 valence electrons. The van der Waals surface area contributed by atoms with Gasteiger partial charge >= 0.3 is 0 Å². The molecule has 1 aliphatic rings. The van der Waals surface area contributed by atoms with Crippen LogP contribution in [0.3, 0.4) is 0 Å². The van der Waals surface area contributed by atoms with Crippen LogP contribution in [0.1, 0.15) is 30.1 Å². The molecule has 0 aliphatic carbocycles. The topological polar surface area (TPSA) is 75.2 Å². The van der Waals surface area contributed by atoms with Crippen molar-refractivity contribution in [2.24, 2.45) is 0 Å². The van der Waals surface area contributed by atoms with E-state index in [1.54, 1.807) is 29.9 Å². The quantitative estimate of drug-likeness (QED) is 0.888. The summed E-state index contributed by atoms with van der Waals surface area (Å²) in [6.45, 7) is 2.24. The first-order valence-electron chi connectivity index (χ1n) is 7.58. The summed E-state index contributed by atoms with van der Waals surface area (Å²) < 4.78 is 27.4. The zero-order valence-electron chi connectivity index (χ0n) is 13.0. The Bertz CT molecular complexity index is 739. The van der Waals surface area contributed by atoms with E-state index in [1.807, 2.05) is 0 Å². The Labute approximate surface area is 140 Å². The summed E-state index contributed by atoms with van der Waals surface area (Å²) in [4.78, 5) is 11.1. The molecule has 0 atom stereocenters. The molecular weight excluding hydrogens is 332 g/mol. The van der Waals surface area contributed by atoms with Gasteiger partial charge in [0.1, 0.15) is 4.21 Å². The Morgan fingerprint density at radius 3 is 2.74 bits per heavy atom. The Kier molecular flexibility index (Phi) is 5.05. The van der Waals surface area contributed by atoms with Crippen LogP contribution in [0, 0.1) is 0 Å². The molecule has 1 saturated heterocycles. The van der Waals surface area contributed by atoms with Gasteiger partial charge in [-0.2, -0.15) is 0 Å². The lowest BCUT2D eigenvalue weighted by Gasteiger charge is -2.29. The lowest BCUT2D eigenvalue weighted by Crippen LogP contribution is -2.31. The van der Waals surface area contributed by atoms with Gasteiger partial charge < -0.3 is 4.90 Å². The van der Waals surface area contributed by atoms with Crippen molar-refractivity contribution in [3.63, 3.8) is 0 Å². The fraction of sp³-hybridized carbons (Fsp3) is 0.467. The highest BCUT2D eigenvalue weighted by Gasteiger charge is 2.23. The van der Waals surface area contributed by atoms with Crippen LogP contribution in [0.4, 0.5) is 0 Å². The smallest absolute Gasteiger partial charge is 0.250 e. The summed E-state index contributed by atoms with van der Waals surface area (Å²) in [5.74, 6) is 0.348. The van der Waals surface area contributed by atoms with E-state index >= 15 is 0 Å². The third-order valence-corrected chi connectivity index (χ3v) is 6.90. The van der Waals surface area contributed by atoms with Gasteiger partial charge in [-0.15, -0.1) is 11.3 Å². The van der Waals surface area contributed by atoms with E-state index in [4.69, 9.17) is 0 Å². The highest BCUT2D eigenvalue weighted by molar-refractivity contribution is 7.91. The van der Waals surface area contributed by atoms with Gasteiger partial charge in [0.25, 0.3) is 0 Å². The predicted octanol–water partition coefficient (Wildman–Crippen LogP) is 1.83. The summed E-state index contributed by atoms with van der Waals surface area (Å²) in [7, 11) is -1.36. The SMILES string of the molecule is CN1CCC(c2nccnc2CNS(=O)(=O)c2cccs2)CC1. The molecule has 0 aromatic carbocycles. The van der Waals surface area contributed by atoms with Gasteiger partial charge in [0.2, 0.25) is 10.0 Å². The first-order chi connectivity index (χ1) is 11.1. The Morgan fingerprint density at radius 1 is 1.30 bits per heavy atom. The van der Waals surface area contributed by atoms with Crippen molar-refractivity contribution in [2.75, 3.05) is 20.1 Å². The normalized spacial score (nSPS) is 17.4. The summed E-state index contributed by atoms with van der Waals surface area (Å²) in [6, 6.07) is 3.33. The Hall–Kier alpha value is -1.35. The van der Waals surface area contributed by atoms with Crippen LogP contribution in [0.2, 0.25) is 0 Å². The maximum Gasteiger partial charge on any atom is 0.250 e. The molecule has 2 aromatic heterocycles. The molecule has 8 heteroatoms. The second kappa shape index (κ2) is 7.04. The maximum atomic E-state index is 12.2. The van der Waals surface area contributed by atoms with E-state index in [0.717, 1.165) is 37.3 Å². The van der Waals surface area contributed by atoms with E-state index < -0.39 is 10.0 Å². The molecule has 0 radical (unpaired) electrons. The minimum Gasteiger partial charge on any atom is -0.306 e. The first kappa shape index (κ1) is 16.5. The van der Waals surface area contributed by atoms with E-state index in [9.17, 15) is 8.42 Å². The summed E-state index contributed by atoms with van der Waals surface area (Å²) in [5.41, 5.74) is 1.65. The van der Waals surface area contributed by atoms with E-state index in [0.29, 0.717) is 10.1 Å². The van der Waals surface area contributed by atoms with Gasteiger partial charge in [-0.25, -0.2) is 13.1 Å². The average molecular weight is 352 g/mol. The number of sulfonamides is 1. The van der Waals surface area contributed by atoms with Crippen molar-refractivity contribution < 1.29 is 8.42 Å². The number of aromatic nitrogens is 2. The number of thiophene rings is 1. The molecule has 0 unspecified atom stereocenters. The minimum atomic E-state index is -3.48. The van der Waals surface area contributed by atoms with Gasteiger partial charge in [0.05, 0.1) is 17.9 Å². The molecule has 0 spiro atoms. The fourth-order valence-electron chi connectivity index (χ4n) is 2.79. The van der Waals surface area contributed by atoms with Crippen LogP contribution in [0.25, 0.3) is 0 Å². The fourth-order valence-corrected chi connectivity index (χ4v) is 4.81. The molecule has 3 rings (SSSR count). The third kappa shape index (κ3) is 3.95. The van der Waals surface area contributed by atoms with Crippen molar-refractivity contribution >= 4 is 21.4 Å². The highest BCUT2D eigenvalue weighted by atomic mass is 32.2. The van der Waals surface area contributed by atoms with Crippen LogP contribution in [-0.2, 0) is 16.6 Å². The maximum absolute atomic E-state index is 12.2. The molecule has 2 aromatic rings. The zero-order chi connectivity index (χ0) is 16.3. The molecule has 0 amide bonds. The Balaban J connectivity index is 1.74. The van der Waals surface area contributed by atoms with E-state index in [-0.39, 0.29) is 6.54 Å². The number of hydrogen-bond acceptors (Lipinski definition) is 6. The van der Waals surface area contributed by atoms with Gasteiger partial charge in [0, 0.05) is 18.3 Å². The van der Waals surface area contributed by atoms with Crippen molar-refractivity contribution in [3.8, 4) is 0 Å². The minimum absolute atomic E-state index is 0.176. The average Bonchev–Trinajstić information content (AvgIpc) is 3.10. The Morgan fingerprint density at radius 2 is 2.04 bits per heavy atom. The van der Waals surface area contributed by atoms with Crippen LogP contribution >= 0.6 is 11.3 Å². The zero-order valence-corrected chi connectivity index (χ0v) is 14.6. The van der Waals surface area contributed by atoms with Crippen molar-refractivity contribution in [2.45, 2.75) is 29.5 Å². The lowest BCUT2D eigenvalue weighted by molar-refractivity contribution is 0.252. The summed E-state index contributed by atoms with van der Waals surface area (Å²) in [5, 5.41) is 1.75. The van der Waals surface area contributed by atoms with E-state index in [2.05, 4.69) is 26.6 Å². The van der Waals surface area contributed by atoms with E-state index in [1.165, 1.54) is 11.3 Å². The summed E-state index contributed by atoms with van der Waals surface area (Å²) >= 11 is 1.21. The predicted molar refractivity (Wildman–Crippen MR) is 89.8 cm³/mol. The van der Waals surface area contributed by atoms with Crippen LogP contribution in [-0.4, -0.2) is 43.4 Å². The summed E-state index contributed by atoms with van der Waals surface area (Å²) in [6.07, 6.45) is 5.36. The van der Waals surface area contributed by atoms with Gasteiger partial charge in [-0.05, 0) is 44.4 Å². The second-order valence-corrected chi connectivity index (χ2v) is 8.66. The molecule has 0 bridgehead atoms. The van der Waals surface area contributed by atoms with Crippen LogP contribution in [0.5, 0.6) is 0 Å². The standard InChI is InChI=1S/C15H20N4O2S2/c1-19-8-4-12(5-9-19)15-13(16-6-7-17-15)11-18-23(20,21)14-3-2-10-22-14/h2-3,6-7,10,12,18H,4-5,8-9,11H2,1H3. The number of nitrogens with zero attached hydrogens (tertiary/aromatic N) is 3. The largest absolute Gasteiger partial charge is 0.306 e. The third-order valence-electron chi connectivity index (χ3n) is 4.10. The molecule has 1 fully saturated rings. The number of piperidine rings is 1.